The third-order valence-electron chi connectivity index (χ3n) is 4.87. The highest BCUT2D eigenvalue weighted by atomic mass is 19.4. The molecule has 4 aromatic rings. The van der Waals surface area contributed by atoms with Gasteiger partial charge in [0.2, 0.25) is 0 Å². The zero-order valence-corrected chi connectivity index (χ0v) is 15.5. The van der Waals surface area contributed by atoms with Crippen LogP contribution in [0.25, 0.3) is 34.8 Å². The first-order valence-corrected chi connectivity index (χ1v) is 9.17. The molecule has 0 unspecified atom stereocenters. The second-order valence-corrected chi connectivity index (χ2v) is 6.89. The molecule has 0 spiro atoms. The van der Waals surface area contributed by atoms with Crippen molar-refractivity contribution < 1.29 is 13.2 Å². The number of halogens is 3. The Morgan fingerprint density at radius 1 is 0.967 bits per heavy atom. The first-order chi connectivity index (χ1) is 14.5. The molecule has 0 N–H and O–H groups in total. The molecule has 3 heterocycles. The van der Waals surface area contributed by atoms with E-state index in [4.69, 9.17) is 0 Å². The van der Waals surface area contributed by atoms with Gasteiger partial charge in [-0.3, -0.25) is 9.55 Å². The summed E-state index contributed by atoms with van der Waals surface area (Å²) in [6.07, 6.45) is 7.13. The number of allylic oxidation sites excluding steroid dienone is 2. The first kappa shape index (κ1) is 18.2. The van der Waals surface area contributed by atoms with Gasteiger partial charge in [-0.15, -0.1) is 0 Å². The van der Waals surface area contributed by atoms with Crippen LogP contribution < -0.4 is 0 Å². The van der Waals surface area contributed by atoms with Crippen molar-refractivity contribution in [2.45, 2.75) is 12.6 Å². The van der Waals surface area contributed by atoms with Gasteiger partial charge in [-0.1, -0.05) is 24.3 Å². The standard InChI is InChI=1S/C22H14F3N5/c23-22(24,25)17-6-4-15(5-7-17)19-11-27-20-21(29-19)30(13-28-20)12-14-3-8-18-16(10-14)2-1-9-26-18/h1-9,11-13H,10H2. The highest BCUT2D eigenvalue weighted by molar-refractivity contribution is 5.74. The molecule has 0 aliphatic heterocycles. The molecule has 3 aromatic heterocycles. The molecule has 0 saturated heterocycles. The van der Waals surface area contributed by atoms with Crippen molar-refractivity contribution in [2.75, 3.05) is 0 Å². The van der Waals surface area contributed by atoms with Crippen LogP contribution in [0.3, 0.4) is 0 Å². The van der Waals surface area contributed by atoms with Crippen molar-refractivity contribution >= 4 is 23.6 Å². The molecule has 0 fully saturated rings. The molecule has 148 valence electrons. The molecule has 1 aliphatic carbocycles. The van der Waals surface area contributed by atoms with Crippen LogP contribution in [0.2, 0.25) is 0 Å². The van der Waals surface area contributed by atoms with Crippen molar-refractivity contribution in [3.05, 3.63) is 83.6 Å². The zero-order chi connectivity index (χ0) is 20.7. The van der Waals surface area contributed by atoms with Gasteiger partial charge in [0.1, 0.15) is 6.33 Å². The molecule has 1 aliphatic rings. The smallest absolute Gasteiger partial charge is 0.289 e. The summed E-state index contributed by atoms with van der Waals surface area (Å²) in [6, 6.07) is 8.81. The second-order valence-electron chi connectivity index (χ2n) is 6.89. The fourth-order valence-electron chi connectivity index (χ4n) is 3.35. The number of hydrogen-bond donors (Lipinski definition) is 0. The monoisotopic (exact) mass is 405 g/mol. The van der Waals surface area contributed by atoms with E-state index in [2.05, 4.69) is 19.9 Å². The van der Waals surface area contributed by atoms with Crippen LogP contribution in [0.15, 0.2) is 66.8 Å². The lowest BCUT2D eigenvalue weighted by molar-refractivity contribution is -0.137. The first-order valence-electron chi connectivity index (χ1n) is 9.17. The number of pyridine rings is 1. The van der Waals surface area contributed by atoms with Crippen molar-refractivity contribution in [3.8, 4) is 11.3 Å². The Labute approximate surface area is 169 Å². The van der Waals surface area contributed by atoms with E-state index in [1.54, 1.807) is 17.1 Å². The number of rotatable bonds is 2. The van der Waals surface area contributed by atoms with Crippen LogP contribution in [0.1, 0.15) is 16.8 Å². The summed E-state index contributed by atoms with van der Waals surface area (Å²) in [5, 5.41) is 0. The Morgan fingerprint density at radius 2 is 1.80 bits per heavy atom. The van der Waals surface area contributed by atoms with Gasteiger partial charge in [0.25, 0.3) is 0 Å². The molecular weight excluding hydrogens is 391 g/mol. The topological polar surface area (TPSA) is 56.5 Å². The SMILES string of the molecule is FC(F)(F)c1ccc(-c2cnc3ncn(C=C4C=Cc5ncccc5C4)c3n2)cc1. The van der Waals surface area contributed by atoms with Crippen molar-refractivity contribution in [2.24, 2.45) is 0 Å². The Kier molecular flexibility index (Phi) is 4.20. The highest BCUT2D eigenvalue weighted by Gasteiger charge is 2.30. The average molecular weight is 405 g/mol. The van der Waals surface area contributed by atoms with Crippen LogP contribution in [0.4, 0.5) is 13.2 Å². The lowest BCUT2D eigenvalue weighted by Gasteiger charge is -2.12. The molecule has 5 nitrogen and oxygen atoms in total. The molecule has 1 aromatic carbocycles. The van der Waals surface area contributed by atoms with Crippen LogP contribution in [-0.4, -0.2) is 24.5 Å². The van der Waals surface area contributed by atoms with Crippen LogP contribution in [0, 0.1) is 0 Å². The van der Waals surface area contributed by atoms with E-state index in [-0.39, 0.29) is 0 Å². The molecule has 0 atom stereocenters. The van der Waals surface area contributed by atoms with E-state index in [0.717, 1.165) is 35.4 Å². The Balaban J connectivity index is 1.50. The Bertz CT molecular complexity index is 1300. The fourth-order valence-corrected chi connectivity index (χ4v) is 3.35. The number of hydrogen-bond acceptors (Lipinski definition) is 4. The largest absolute Gasteiger partial charge is 0.416 e. The third-order valence-corrected chi connectivity index (χ3v) is 4.87. The number of nitrogens with zero attached hydrogens (tertiary/aromatic N) is 5. The van der Waals surface area contributed by atoms with Gasteiger partial charge in [0.15, 0.2) is 11.3 Å². The van der Waals surface area contributed by atoms with Crippen LogP contribution in [0.5, 0.6) is 0 Å². The normalized spacial score (nSPS) is 15.0. The van der Waals surface area contributed by atoms with Gasteiger partial charge in [-0.05, 0) is 35.4 Å². The molecule has 0 bridgehead atoms. The van der Waals surface area contributed by atoms with E-state index in [9.17, 15) is 13.2 Å². The number of imidazole rings is 1. The molecule has 0 amide bonds. The summed E-state index contributed by atoms with van der Waals surface area (Å²) in [5.41, 5.74) is 4.46. The highest BCUT2D eigenvalue weighted by Crippen LogP contribution is 2.31. The zero-order valence-electron chi connectivity index (χ0n) is 15.5. The fraction of sp³-hybridized carbons (Fsp3) is 0.0909. The lowest BCUT2D eigenvalue weighted by atomic mass is 9.98. The quantitative estimate of drug-likeness (QED) is 0.470. The summed E-state index contributed by atoms with van der Waals surface area (Å²) in [6.45, 7) is 0. The summed E-state index contributed by atoms with van der Waals surface area (Å²) in [4.78, 5) is 17.5. The second kappa shape index (κ2) is 6.91. The average Bonchev–Trinajstić information content (AvgIpc) is 3.15. The van der Waals surface area contributed by atoms with E-state index >= 15 is 0 Å². The van der Waals surface area contributed by atoms with E-state index in [0.29, 0.717) is 22.6 Å². The van der Waals surface area contributed by atoms with Crippen molar-refractivity contribution in [1.29, 1.82) is 0 Å². The maximum Gasteiger partial charge on any atom is 0.416 e. The minimum absolute atomic E-state index is 0.462. The lowest BCUT2D eigenvalue weighted by Crippen LogP contribution is -2.04. The maximum absolute atomic E-state index is 12.8. The molecule has 8 heteroatoms. The summed E-state index contributed by atoms with van der Waals surface area (Å²) >= 11 is 0. The van der Waals surface area contributed by atoms with E-state index in [1.165, 1.54) is 18.3 Å². The van der Waals surface area contributed by atoms with Crippen molar-refractivity contribution in [3.63, 3.8) is 0 Å². The predicted molar refractivity (Wildman–Crippen MR) is 107 cm³/mol. The molecular formula is C22H14F3N5. The minimum Gasteiger partial charge on any atom is -0.289 e. The number of fused-ring (bicyclic) bond motifs is 2. The van der Waals surface area contributed by atoms with Gasteiger partial charge >= 0.3 is 6.18 Å². The number of aromatic nitrogens is 5. The summed E-state index contributed by atoms with van der Waals surface area (Å²) in [7, 11) is 0. The van der Waals surface area contributed by atoms with E-state index < -0.39 is 11.7 Å². The molecule has 30 heavy (non-hydrogen) atoms. The maximum atomic E-state index is 12.8. The van der Waals surface area contributed by atoms with Gasteiger partial charge in [-0.25, -0.2) is 15.0 Å². The minimum atomic E-state index is -4.37. The van der Waals surface area contributed by atoms with E-state index in [1.807, 2.05) is 30.5 Å². The number of benzene rings is 1. The van der Waals surface area contributed by atoms with Gasteiger partial charge in [-0.2, -0.15) is 13.2 Å². The van der Waals surface area contributed by atoms with Crippen LogP contribution >= 0.6 is 0 Å². The Morgan fingerprint density at radius 3 is 2.60 bits per heavy atom. The van der Waals surface area contributed by atoms with Gasteiger partial charge in [0, 0.05) is 24.4 Å². The third kappa shape index (κ3) is 3.36. The van der Waals surface area contributed by atoms with Crippen molar-refractivity contribution in [1.82, 2.24) is 24.5 Å². The van der Waals surface area contributed by atoms with Gasteiger partial charge < -0.3 is 0 Å². The molecule has 0 saturated carbocycles. The van der Waals surface area contributed by atoms with Gasteiger partial charge in [0.05, 0.1) is 23.1 Å². The molecule has 5 rings (SSSR count). The predicted octanol–water partition coefficient (Wildman–Crippen LogP) is 5.02. The summed E-state index contributed by atoms with van der Waals surface area (Å²) < 4.78 is 40.2. The Hall–Kier alpha value is -3.81. The van der Waals surface area contributed by atoms with Crippen LogP contribution in [-0.2, 0) is 12.6 Å². The molecule has 0 radical (unpaired) electrons. The summed E-state index contributed by atoms with van der Waals surface area (Å²) in [5.74, 6) is 0. The number of alkyl halides is 3.